The molecular weight excluding hydrogens is 354 g/mol. The fourth-order valence-corrected chi connectivity index (χ4v) is 2.14. The van der Waals surface area contributed by atoms with Gasteiger partial charge in [-0.05, 0) is 57.9 Å². The molecule has 21 heavy (non-hydrogen) atoms. The minimum Gasteiger partial charge on any atom is -0.497 e. The van der Waals surface area contributed by atoms with Crippen LogP contribution in [0.3, 0.4) is 0 Å². The van der Waals surface area contributed by atoms with E-state index >= 15 is 0 Å². The lowest BCUT2D eigenvalue weighted by Crippen LogP contribution is -2.07. The van der Waals surface area contributed by atoms with E-state index in [1.165, 1.54) is 6.08 Å². The van der Waals surface area contributed by atoms with Gasteiger partial charge >= 0.3 is 0 Å². The number of ether oxygens (including phenoxy) is 1. The van der Waals surface area contributed by atoms with Gasteiger partial charge in [-0.1, -0.05) is 23.7 Å². The van der Waals surface area contributed by atoms with Gasteiger partial charge in [0, 0.05) is 16.2 Å². The van der Waals surface area contributed by atoms with Crippen LogP contribution >= 0.6 is 27.5 Å². The summed E-state index contributed by atoms with van der Waals surface area (Å²) in [7, 11) is 1.61. The Hall–Kier alpha value is -1.78. The Morgan fingerprint density at radius 1 is 1.24 bits per heavy atom. The number of benzene rings is 2. The Morgan fingerprint density at radius 3 is 2.57 bits per heavy atom. The van der Waals surface area contributed by atoms with E-state index in [1.54, 1.807) is 31.4 Å². The zero-order valence-electron chi connectivity index (χ0n) is 11.3. The summed E-state index contributed by atoms with van der Waals surface area (Å²) in [6.45, 7) is 0. The van der Waals surface area contributed by atoms with E-state index in [0.717, 1.165) is 15.8 Å². The van der Waals surface area contributed by atoms with Gasteiger partial charge in [0.1, 0.15) is 5.75 Å². The van der Waals surface area contributed by atoms with E-state index in [0.29, 0.717) is 10.7 Å². The second kappa shape index (κ2) is 7.29. The number of nitrogens with one attached hydrogen (secondary N) is 1. The van der Waals surface area contributed by atoms with Crippen molar-refractivity contribution >= 4 is 45.2 Å². The highest BCUT2D eigenvalue weighted by molar-refractivity contribution is 9.10. The molecule has 0 aromatic heterocycles. The van der Waals surface area contributed by atoms with Gasteiger partial charge in [0.15, 0.2) is 0 Å². The van der Waals surface area contributed by atoms with Crippen molar-refractivity contribution in [1.29, 1.82) is 0 Å². The quantitative estimate of drug-likeness (QED) is 0.792. The van der Waals surface area contributed by atoms with Crippen molar-refractivity contribution < 1.29 is 9.53 Å². The van der Waals surface area contributed by atoms with Crippen LogP contribution in [0.1, 0.15) is 5.56 Å². The molecule has 0 aliphatic rings. The number of carbonyl (C=O) groups excluding carboxylic acids is 1. The lowest BCUT2D eigenvalue weighted by Gasteiger charge is -2.04. The highest BCUT2D eigenvalue weighted by atomic mass is 79.9. The van der Waals surface area contributed by atoms with Crippen LogP contribution in [0.15, 0.2) is 53.0 Å². The molecule has 0 aliphatic carbocycles. The maximum absolute atomic E-state index is 11.8. The summed E-state index contributed by atoms with van der Waals surface area (Å²) in [4.78, 5) is 11.8. The standard InChI is InChI=1S/C16H13BrClNO2/c1-21-13-6-2-11(3-7-13)4-9-16(20)19-12-5-8-15(18)14(17)10-12/h2-10H,1H3,(H,19,20)/b9-4+. The van der Waals surface area contributed by atoms with Crippen molar-refractivity contribution in [3.05, 3.63) is 63.6 Å². The number of halogens is 2. The first kappa shape index (κ1) is 15.6. The second-order valence-corrected chi connectivity index (χ2v) is 5.49. The van der Waals surface area contributed by atoms with Crippen LogP contribution in [-0.2, 0) is 4.79 Å². The normalized spacial score (nSPS) is 10.6. The number of amides is 1. The number of anilines is 1. The molecule has 0 heterocycles. The maximum Gasteiger partial charge on any atom is 0.248 e. The van der Waals surface area contributed by atoms with Crippen molar-refractivity contribution in [1.82, 2.24) is 0 Å². The summed E-state index contributed by atoms with van der Waals surface area (Å²) < 4.78 is 5.81. The van der Waals surface area contributed by atoms with Crippen molar-refractivity contribution in [2.75, 3.05) is 12.4 Å². The minimum absolute atomic E-state index is 0.208. The average Bonchev–Trinajstić information content (AvgIpc) is 2.49. The lowest BCUT2D eigenvalue weighted by molar-refractivity contribution is -0.111. The average molecular weight is 367 g/mol. The lowest BCUT2D eigenvalue weighted by atomic mass is 10.2. The molecule has 3 nitrogen and oxygen atoms in total. The summed E-state index contributed by atoms with van der Waals surface area (Å²) in [6, 6.07) is 12.6. The van der Waals surface area contributed by atoms with Crippen molar-refractivity contribution in [3.63, 3.8) is 0 Å². The smallest absolute Gasteiger partial charge is 0.248 e. The van der Waals surface area contributed by atoms with Gasteiger partial charge in [0.2, 0.25) is 5.91 Å². The SMILES string of the molecule is COc1ccc(/C=C/C(=O)Nc2ccc(Cl)c(Br)c2)cc1. The first-order valence-corrected chi connectivity index (χ1v) is 7.34. The summed E-state index contributed by atoms with van der Waals surface area (Å²) in [5.41, 5.74) is 1.60. The molecule has 0 unspecified atom stereocenters. The Morgan fingerprint density at radius 2 is 1.95 bits per heavy atom. The number of hydrogen-bond donors (Lipinski definition) is 1. The Labute approximate surface area is 136 Å². The molecule has 0 saturated heterocycles. The van der Waals surface area contributed by atoms with Crippen molar-refractivity contribution in [2.24, 2.45) is 0 Å². The largest absolute Gasteiger partial charge is 0.497 e. The predicted octanol–water partition coefficient (Wildman–Crippen LogP) is 4.76. The molecule has 2 aromatic carbocycles. The topological polar surface area (TPSA) is 38.3 Å². The summed E-state index contributed by atoms with van der Waals surface area (Å²) >= 11 is 9.21. The first-order chi connectivity index (χ1) is 10.1. The van der Waals surface area contributed by atoms with Crippen LogP contribution in [0.5, 0.6) is 5.75 Å². The van der Waals surface area contributed by atoms with E-state index in [2.05, 4.69) is 21.2 Å². The number of carbonyl (C=O) groups is 1. The summed E-state index contributed by atoms with van der Waals surface area (Å²) in [6.07, 6.45) is 3.21. The molecule has 0 fully saturated rings. The molecular formula is C16H13BrClNO2. The molecule has 1 amide bonds. The summed E-state index contributed by atoms with van der Waals surface area (Å²) in [5, 5.41) is 3.36. The monoisotopic (exact) mass is 365 g/mol. The highest BCUT2D eigenvalue weighted by Crippen LogP contribution is 2.25. The fraction of sp³-hybridized carbons (Fsp3) is 0.0625. The van der Waals surface area contributed by atoms with Crippen LogP contribution in [-0.4, -0.2) is 13.0 Å². The zero-order valence-corrected chi connectivity index (χ0v) is 13.6. The third-order valence-corrected chi connectivity index (χ3v) is 3.94. The van der Waals surface area contributed by atoms with Crippen molar-refractivity contribution in [2.45, 2.75) is 0 Å². The van der Waals surface area contributed by atoms with E-state index in [4.69, 9.17) is 16.3 Å². The molecule has 0 bridgehead atoms. The third-order valence-electron chi connectivity index (χ3n) is 2.73. The molecule has 0 saturated carbocycles. The number of rotatable bonds is 4. The second-order valence-electron chi connectivity index (χ2n) is 4.22. The van der Waals surface area contributed by atoms with Crippen LogP contribution in [0, 0.1) is 0 Å². The van der Waals surface area contributed by atoms with E-state index in [9.17, 15) is 4.79 Å². The molecule has 2 rings (SSSR count). The molecule has 0 radical (unpaired) electrons. The number of methoxy groups -OCH3 is 1. The number of hydrogen-bond acceptors (Lipinski definition) is 2. The van der Waals surface area contributed by atoms with Gasteiger partial charge in [-0.3, -0.25) is 4.79 Å². The minimum atomic E-state index is -0.208. The van der Waals surface area contributed by atoms with Crippen LogP contribution in [0.2, 0.25) is 5.02 Å². The van der Waals surface area contributed by atoms with Crippen LogP contribution < -0.4 is 10.1 Å². The van der Waals surface area contributed by atoms with Gasteiger partial charge in [-0.2, -0.15) is 0 Å². The van der Waals surface area contributed by atoms with Crippen molar-refractivity contribution in [3.8, 4) is 5.75 Å². The van der Waals surface area contributed by atoms with Gasteiger partial charge in [0.05, 0.1) is 12.1 Å². The molecule has 5 heteroatoms. The van der Waals surface area contributed by atoms with E-state index in [-0.39, 0.29) is 5.91 Å². The maximum atomic E-state index is 11.8. The Kier molecular flexibility index (Phi) is 5.42. The molecule has 108 valence electrons. The van der Waals surface area contributed by atoms with E-state index in [1.807, 2.05) is 24.3 Å². The van der Waals surface area contributed by atoms with Gasteiger partial charge < -0.3 is 10.1 Å². The Balaban J connectivity index is 1.99. The summed E-state index contributed by atoms with van der Waals surface area (Å²) in [5.74, 6) is 0.572. The molecule has 0 atom stereocenters. The third kappa shape index (κ3) is 4.62. The Bertz CT molecular complexity index is 668. The van der Waals surface area contributed by atoms with Crippen LogP contribution in [0.25, 0.3) is 6.08 Å². The van der Waals surface area contributed by atoms with Gasteiger partial charge in [-0.15, -0.1) is 0 Å². The first-order valence-electron chi connectivity index (χ1n) is 6.16. The molecule has 0 aliphatic heterocycles. The fourth-order valence-electron chi connectivity index (χ4n) is 1.64. The predicted molar refractivity (Wildman–Crippen MR) is 89.8 cm³/mol. The molecule has 1 N–H and O–H groups in total. The zero-order chi connectivity index (χ0) is 15.2. The molecule has 0 spiro atoms. The van der Waals surface area contributed by atoms with Gasteiger partial charge in [-0.25, -0.2) is 0 Å². The van der Waals surface area contributed by atoms with Crippen LogP contribution in [0.4, 0.5) is 5.69 Å². The van der Waals surface area contributed by atoms with E-state index < -0.39 is 0 Å². The molecule has 2 aromatic rings. The van der Waals surface area contributed by atoms with Gasteiger partial charge in [0.25, 0.3) is 0 Å². The highest BCUT2D eigenvalue weighted by Gasteiger charge is 2.01.